The molecule has 92 valence electrons. The van der Waals surface area contributed by atoms with Crippen molar-refractivity contribution in [3.05, 3.63) is 23.0 Å². The van der Waals surface area contributed by atoms with Gasteiger partial charge in [-0.2, -0.15) is 0 Å². The lowest BCUT2D eigenvalue weighted by molar-refractivity contribution is 0.415. The van der Waals surface area contributed by atoms with Crippen LogP contribution in [0.4, 0.5) is 19.0 Å². The van der Waals surface area contributed by atoms with Crippen LogP contribution in [0.2, 0.25) is 0 Å². The van der Waals surface area contributed by atoms with Crippen molar-refractivity contribution in [3.8, 4) is 0 Å². The van der Waals surface area contributed by atoms with Crippen molar-refractivity contribution >= 4 is 16.8 Å². The maximum atomic E-state index is 14.0. The van der Waals surface area contributed by atoms with Gasteiger partial charge in [0.2, 0.25) is 5.58 Å². The Morgan fingerprint density at radius 2 is 1.65 bits per heavy atom. The number of hydrogen-bond donors (Lipinski definition) is 1. The van der Waals surface area contributed by atoms with E-state index in [0.29, 0.717) is 0 Å². The minimum Gasteiger partial charge on any atom is -0.380 e. The standard InChI is InChI=1S/C11H11F3N2O/c1-11(2,3)5-7(13)6(12)4-9(8(5)14)17-16-10(4)15/h1-3H3,(H2,15,16). The molecule has 2 N–H and O–H groups in total. The predicted molar refractivity (Wildman–Crippen MR) is 57.0 cm³/mol. The van der Waals surface area contributed by atoms with Crippen LogP contribution in [0.3, 0.4) is 0 Å². The fraction of sp³-hybridized carbons (Fsp3) is 0.364. The van der Waals surface area contributed by atoms with Gasteiger partial charge >= 0.3 is 0 Å². The molecule has 0 saturated heterocycles. The van der Waals surface area contributed by atoms with Crippen LogP contribution in [-0.2, 0) is 5.41 Å². The number of nitrogen functional groups attached to an aromatic ring is 1. The van der Waals surface area contributed by atoms with Gasteiger partial charge in [-0.3, -0.25) is 0 Å². The molecule has 1 aromatic carbocycles. The fourth-order valence-corrected chi connectivity index (χ4v) is 1.75. The van der Waals surface area contributed by atoms with E-state index in [0.717, 1.165) is 0 Å². The van der Waals surface area contributed by atoms with Crippen LogP contribution in [0.25, 0.3) is 11.0 Å². The molecule has 2 rings (SSSR count). The van der Waals surface area contributed by atoms with Crippen molar-refractivity contribution in [2.45, 2.75) is 26.2 Å². The number of anilines is 1. The first kappa shape index (κ1) is 11.8. The average Bonchev–Trinajstić information content (AvgIpc) is 2.55. The van der Waals surface area contributed by atoms with E-state index in [1.807, 2.05) is 0 Å². The third-order valence-corrected chi connectivity index (χ3v) is 2.52. The molecule has 0 fully saturated rings. The third-order valence-electron chi connectivity index (χ3n) is 2.52. The van der Waals surface area contributed by atoms with Crippen LogP contribution in [0, 0.1) is 17.5 Å². The summed E-state index contributed by atoms with van der Waals surface area (Å²) >= 11 is 0. The molecular weight excluding hydrogens is 233 g/mol. The van der Waals surface area contributed by atoms with Crippen LogP contribution >= 0.6 is 0 Å². The van der Waals surface area contributed by atoms with E-state index in [1.165, 1.54) is 0 Å². The van der Waals surface area contributed by atoms with Crippen LogP contribution in [0.1, 0.15) is 26.3 Å². The van der Waals surface area contributed by atoms with E-state index >= 15 is 0 Å². The van der Waals surface area contributed by atoms with Crippen molar-refractivity contribution in [1.29, 1.82) is 0 Å². The number of nitrogens with two attached hydrogens (primary N) is 1. The van der Waals surface area contributed by atoms with E-state index in [1.54, 1.807) is 20.8 Å². The second-order valence-corrected chi connectivity index (χ2v) is 4.84. The van der Waals surface area contributed by atoms with Gasteiger partial charge in [-0.1, -0.05) is 25.9 Å². The van der Waals surface area contributed by atoms with Crippen molar-refractivity contribution in [3.63, 3.8) is 0 Å². The second-order valence-electron chi connectivity index (χ2n) is 4.84. The van der Waals surface area contributed by atoms with E-state index in [2.05, 4.69) is 9.68 Å². The lowest BCUT2D eigenvalue weighted by atomic mass is 9.85. The summed E-state index contributed by atoms with van der Waals surface area (Å²) in [6.07, 6.45) is 0. The molecule has 0 radical (unpaired) electrons. The van der Waals surface area contributed by atoms with Gasteiger partial charge in [-0.05, 0) is 5.41 Å². The Balaban J connectivity index is 2.98. The molecule has 1 aromatic heterocycles. The zero-order valence-corrected chi connectivity index (χ0v) is 9.57. The zero-order valence-electron chi connectivity index (χ0n) is 9.57. The molecule has 0 atom stereocenters. The van der Waals surface area contributed by atoms with Crippen LogP contribution < -0.4 is 5.73 Å². The molecule has 0 saturated carbocycles. The van der Waals surface area contributed by atoms with Crippen LogP contribution in [-0.4, -0.2) is 5.16 Å². The topological polar surface area (TPSA) is 52.0 Å². The van der Waals surface area contributed by atoms with Crippen molar-refractivity contribution in [2.75, 3.05) is 5.73 Å². The highest BCUT2D eigenvalue weighted by molar-refractivity contribution is 5.88. The van der Waals surface area contributed by atoms with Gasteiger partial charge in [0.25, 0.3) is 0 Å². The third kappa shape index (κ3) is 1.55. The number of halogens is 3. The number of nitrogens with zero attached hydrogens (tertiary/aromatic N) is 1. The molecule has 6 heteroatoms. The predicted octanol–water partition coefficient (Wildman–Crippen LogP) is 3.12. The number of aromatic nitrogens is 1. The van der Waals surface area contributed by atoms with Gasteiger partial charge in [0.1, 0.15) is 5.39 Å². The summed E-state index contributed by atoms with van der Waals surface area (Å²) in [7, 11) is 0. The summed E-state index contributed by atoms with van der Waals surface area (Å²) in [6.45, 7) is 4.71. The average molecular weight is 244 g/mol. The SMILES string of the molecule is CC(C)(C)c1c(F)c(F)c2c(N)noc2c1F. The summed E-state index contributed by atoms with van der Waals surface area (Å²) < 4.78 is 46.2. The Bertz CT molecular complexity index is 599. The first-order valence-electron chi connectivity index (χ1n) is 4.97. The van der Waals surface area contributed by atoms with Gasteiger partial charge in [-0.25, -0.2) is 13.2 Å². The molecule has 0 unspecified atom stereocenters. The van der Waals surface area contributed by atoms with Gasteiger partial charge in [0, 0.05) is 5.56 Å². The van der Waals surface area contributed by atoms with Gasteiger partial charge in [0.15, 0.2) is 23.3 Å². The Labute approximate surface area is 95.4 Å². The number of hydrogen-bond acceptors (Lipinski definition) is 3. The largest absolute Gasteiger partial charge is 0.380 e. The van der Waals surface area contributed by atoms with Crippen molar-refractivity contribution < 1.29 is 17.7 Å². The summed E-state index contributed by atoms with van der Waals surface area (Å²) in [4.78, 5) is 0. The van der Waals surface area contributed by atoms with E-state index in [4.69, 9.17) is 5.73 Å². The smallest absolute Gasteiger partial charge is 0.208 e. The number of rotatable bonds is 0. The highest BCUT2D eigenvalue weighted by Crippen LogP contribution is 2.36. The molecule has 3 nitrogen and oxygen atoms in total. The maximum Gasteiger partial charge on any atom is 0.208 e. The molecule has 0 spiro atoms. The summed E-state index contributed by atoms with van der Waals surface area (Å²) in [5.74, 6) is -3.81. The first-order valence-corrected chi connectivity index (χ1v) is 4.97. The van der Waals surface area contributed by atoms with E-state index in [9.17, 15) is 13.2 Å². The summed E-state index contributed by atoms with van der Waals surface area (Å²) in [6, 6.07) is 0. The highest BCUT2D eigenvalue weighted by Gasteiger charge is 2.31. The first-order chi connectivity index (χ1) is 7.75. The zero-order chi connectivity index (χ0) is 13.0. The number of fused-ring (bicyclic) bond motifs is 1. The fourth-order valence-electron chi connectivity index (χ4n) is 1.75. The van der Waals surface area contributed by atoms with Gasteiger partial charge < -0.3 is 10.3 Å². The molecule has 0 aliphatic heterocycles. The quantitative estimate of drug-likeness (QED) is 0.724. The molecule has 0 amide bonds. The monoisotopic (exact) mass is 244 g/mol. The Morgan fingerprint density at radius 1 is 1.06 bits per heavy atom. The van der Waals surface area contributed by atoms with Crippen molar-refractivity contribution in [2.24, 2.45) is 0 Å². The Hall–Kier alpha value is -1.72. The molecule has 0 aliphatic rings. The highest BCUT2D eigenvalue weighted by atomic mass is 19.2. The van der Waals surface area contributed by atoms with Gasteiger partial charge in [-0.15, -0.1) is 0 Å². The molecule has 0 bridgehead atoms. The lowest BCUT2D eigenvalue weighted by Crippen LogP contribution is -2.17. The summed E-state index contributed by atoms with van der Waals surface area (Å²) in [5, 5.41) is 2.79. The molecule has 1 heterocycles. The number of benzene rings is 1. The van der Waals surface area contributed by atoms with Crippen LogP contribution in [0.5, 0.6) is 0 Å². The minimum absolute atomic E-state index is 0.365. The molecule has 2 aromatic rings. The van der Waals surface area contributed by atoms with Gasteiger partial charge in [0.05, 0.1) is 0 Å². The summed E-state index contributed by atoms with van der Waals surface area (Å²) in [5.41, 5.74) is 3.57. The molecule has 17 heavy (non-hydrogen) atoms. The second kappa shape index (κ2) is 3.38. The van der Waals surface area contributed by atoms with E-state index < -0.39 is 33.8 Å². The Kier molecular flexibility index (Phi) is 2.34. The Morgan fingerprint density at radius 3 is 2.18 bits per heavy atom. The maximum absolute atomic E-state index is 14.0. The minimum atomic E-state index is -1.25. The normalized spacial score (nSPS) is 12.4. The van der Waals surface area contributed by atoms with E-state index in [-0.39, 0.29) is 11.4 Å². The molecular formula is C11H11F3N2O. The van der Waals surface area contributed by atoms with Crippen molar-refractivity contribution in [1.82, 2.24) is 5.16 Å². The molecule has 0 aliphatic carbocycles. The van der Waals surface area contributed by atoms with Crippen LogP contribution in [0.15, 0.2) is 4.52 Å². The lowest BCUT2D eigenvalue weighted by Gasteiger charge is -2.20.